The fourth-order valence-electron chi connectivity index (χ4n) is 1.30. The first-order valence-electron chi connectivity index (χ1n) is 5.00. The predicted molar refractivity (Wildman–Crippen MR) is 62.7 cm³/mol. The number of amides is 1. The average molecular weight is 243 g/mol. The molecule has 1 amide bonds. The van der Waals surface area contributed by atoms with Crippen LogP contribution in [0, 0.1) is 0 Å². The van der Waals surface area contributed by atoms with Crippen LogP contribution < -0.4 is 0 Å². The third kappa shape index (κ3) is 3.47. The van der Waals surface area contributed by atoms with Crippen LogP contribution in [0.15, 0.2) is 18.5 Å². The van der Waals surface area contributed by atoms with Crippen molar-refractivity contribution >= 4 is 17.5 Å². The van der Waals surface area contributed by atoms with Gasteiger partial charge in [-0.3, -0.25) is 9.78 Å². The Morgan fingerprint density at radius 2 is 2.38 bits per heavy atom. The quantitative estimate of drug-likeness (QED) is 0.740. The van der Waals surface area contributed by atoms with Gasteiger partial charge in [0.05, 0.1) is 10.6 Å². The summed E-state index contributed by atoms with van der Waals surface area (Å²) in [5, 5.41) is 0.381. The summed E-state index contributed by atoms with van der Waals surface area (Å²) < 4.78 is 4.93. The minimum atomic E-state index is -0.0940. The van der Waals surface area contributed by atoms with E-state index in [-0.39, 0.29) is 5.91 Å². The standard InChI is InChI=1S/C11H15ClN2O2/c1-14(6-3-7-16-2)11(15)9-4-5-13-8-10(9)12/h4-5,8H,3,6-7H2,1-2H3. The molecular weight excluding hydrogens is 228 g/mol. The van der Waals surface area contributed by atoms with Gasteiger partial charge < -0.3 is 9.64 Å². The summed E-state index contributed by atoms with van der Waals surface area (Å²) >= 11 is 5.89. The molecule has 1 rings (SSSR count). The molecule has 0 aromatic carbocycles. The maximum absolute atomic E-state index is 11.9. The number of pyridine rings is 1. The zero-order chi connectivity index (χ0) is 12.0. The molecule has 1 heterocycles. The lowest BCUT2D eigenvalue weighted by atomic mass is 10.2. The highest BCUT2D eigenvalue weighted by atomic mass is 35.5. The van der Waals surface area contributed by atoms with E-state index in [2.05, 4.69) is 4.98 Å². The molecule has 0 bridgehead atoms. The lowest BCUT2D eigenvalue weighted by Gasteiger charge is -2.17. The highest BCUT2D eigenvalue weighted by Gasteiger charge is 2.14. The van der Waals surface area contributed by atoms with E-state index in [1.807, 2.05) is 0 Å². The summed E-state index contributed by atoms with van der Waals surface area (Å²) in [6.45, 7) is 1.28. The van der Waals surface area contributed by atoms with Gasteiger partial charge in [0.25, 0.3) is 5.91 Å². The number of aromatic nitrogens is 1. The van der Waals surface area contributed by atoms with Crippen LogP contribution >= 0.6 is 11.6 Å². The second-order valence-corrected chi connectivity index (χ2v) is 3.84. The fraction of sp³-hybridized carbons (Fsp3) is 0.455. The van der Waals surface area contributed by atoms with Crippen molar-refractivity contribution in [3.63, 3.8) is 0 Å². The largest absolute Gasteiger partial charge is 0.385 e. The van der Waals surface area contributed by atoms with Gasteiger partial charge in [0, 0.05) is 39.7 Å². The van der Waals surface area contributed by atoms with E-state index >= 15 is 0 Å². The molecule has 0 saturated carbocycles. The number of carbonyl (C=O) groups is 1. The van der Waals surface area contributed by atoms with Crippen molar-refractivity contribution in [2.45, 2.75) is 6.42 Å². The fourth-order valence-corrected chi connectivity index (χ4v) is 1.50. The molecule has 88 valence electrons. The molecule has 0 N–H and O–H groups in total. The molecule has 16 heavy (non-hydrogen) atoms. The van der Waals surface area contributed by atoms with E-state index in [1.54, 1.807) is 31.3 Å². The number of methoxy groups -OCH3 is 1. The van der Waals surface area contributed by atoms with Crippen LogP contribution in [0.5, 0.6) is 0 Å². The van der Waals surface area contributed by atoms with Crippen LogP contribution in [0.2, 0.25) is 5.02 Å². The van der Waals surface area contributed by atoms with E-state index in [4.69, 9.17) is 16.3 Å². The van der Waals surface area contributed by atoms with Gasteiger partial charge in [-0.25, -0.2) is 0 Å². The first-order chi connectivity index (χ1) is 7.66. The van der Waals surface area contributed by atoms with Gasteiger partial charge in [-0.05, 0) is 12.5 Å². The van der Waals surface area contributed by atoms with Gasteiger partial charge >= 0.3 is 0 Å². The number of halogens is 1. The van der Waals surface area contributed by atoms with Crippen molar-refractivity contribution in [2.24, 2.45) is 0 Å². The number of hydrogen-bond acceptors (Lipinski definition) is 3. The molecule has 0 aliphatic rings. The van der Waals surface area contributed by atoms with Crippen molar-refractivity contribution in [2.75, 3.05) is 27.3 Å². The molecule has 0 saturated heterocycles. The van der Waals surface area contributed by atoms with Crippen LogP contribution in [-0.4, -0.2) is 43.1 Å². The van der Waals surface area contributed by atoms with Crippen molar-refractivity contribution in [1.82, 2.24) is 9.88 Å². The zero-order valence-corrected chi connectivity index (χ0v) is 10.2. The third-order valence-corrected chi connectivity index (χ3v) is 2.49. The summed E-state index contributed by atoms with van der Waals surface area (Å²) in [4.78, 5) is 17.4. The van der Waals surface area contributed by atoms with Crippen LogP contribution in [0.3, 0.4) is 0 Å². The molecule has 0 atom stereocenters. The van der Waals surface area contributed by atoms with Gasteiger partial charge in [-0.1, -0.05) is 11.6 Å². The highest BCUT2D eigenvalue weighted by Crippen LogP contribution is 2.15. The van der Waals surface area contributed by atoms with Crippen molar-refractivity contribution in [1.29, 1.82) is 0 Å². The molecule has 1 aromatic rings. The minimum absolute atomic E-state index is 0.0940. The number of ether oxygens (including phenoxy) is 1. The molecule has 0 aliphatic carbocycles. The minimum Gasteiger partial charge on any atom is -0.385 e. The topological polar surface area (TPSA) is 42.4 Å². The van der Waals surface area contributed by atoms with Gasteiger partial charge in [-0.2, -0.15) is 0 Å². The molecule has 0 unspecified atom stereocenters. The summed E-state index contributed by atoms with van der Waals surface area (Å²) in [7, 11) is 3.39. The Labute approximate surface area is 100 Å². The Morgan fingerprint density at radius 1 is 1.62 bits per heavy atom. The third-order valence-electron chi connectivity index (χ3n) is 2.19. The molecule has 0 fully saturated rings. The summed E-state index contributed by atoms with van der Waals surface area (Å²) in [6.07, 6.45) is 3.83. The van der Waals surface area contributed by atoms with Gasteiger partial charge in [-0.15, -0.1) is 0 Å². The Kier molecular flexibility index (Phi) is 5.22. The SMILES string of the molecule is COCCCN(C)C(=O)c1ccncc1Cl. The Morgan fingerprint density at radius 3 is 3.00 bits per heavy atom. The van der Waals surface area contributed by atoms with E-state index in [0.717, 1.165) is 6.42 Å². The number of hydrogen-bond donors (Lipinski definition) is 0. The Balaban J connectivity index is 2.60. The maximum atomic E-state index is 11.9. The zero-order valence-electron chi connectivity index (χ0n) is 9.44. The normalized spacial score (nSPS) is 10.2. The number of nitrogens with zero attached hydrogens (tertiary/aromatic N) is 2. The average Bonchev–Trinajstić information content (AvgIpc) is 2.29. The molecular formula is C11H15ClN2O2. The monoisotopic (exact) mass is 242 g/mol. The smallest absolute Gasteiger partial charge is 0.255 e. The summed E-state index contributed by atoms with van der Waals surface area (Å²) in [5.74, 6) is -0.0940. The first-order valence-corrected chi connectivity index (χ1v) is 5.38. The van der Waals surface area contributed by atoms with Crippen molar-refractivity contribution < 1.29 is 9.53 Å². The van der Waals surface area contributed by atoms with Gasteiger partial charge in [0.1, 0.15) is 0 Å². The van der Waals surface area contributed by atoms with E-state index < -0.39 is 0 Å². The highest BCUT2D eigenvalue weighted by molar-refractivity contribution is 6.33. The lowest BCUT2D eigenvalue weighted by molar-refractivity contribution is 0.0779. The second-order valence-electron chi connectivity index (χ2n) is 3.43. The van der Waals surface area contributed by atoms with E-state index in [0.29, 0.717) is 23.7 Å². The van der Waals surface area contributed by atoms with Gasteiger partial charge in [0.2, 0.25) is 0 Å². The second kappa shape index (κ2) is 6.45. The molecule has 4 nitrogen and oxygen atoms in total. The summed E-state index contributed by atoms with van der Waals surface area (Å²) in [5.41, 5.74) is 0.483. The summed E-state index contributed by atoms with van der Waals surface area (Å²) in [6, 6.07) is 1.62. The molecule has 0 radical (unpaired) electrons. The van der Waals surface area contributed by atoms with E-state index in [1.165, 1.54) is 6.20 Å². The van der Waals surface area contributed by atoms with Gasteiger partial charge in [0.15, 0.2) is 0 Å². The molecule has 0 spiro atoms. The Hall–Kier alpha value is -1.13. The molecule has 1 aromatic heterocycles. The van der Waals surface area contributed by atoms with Crippen LogP contribution in [-0.2, 0) is 4.74 Å². The predicted octanol–water partition coefficient (Wildman–Crippen LogP) is 1.84. The van der Waals surface area contributed by atoms with Crippen LogP contribution in [0.1, 0.15) is 16.8 Å². The van der Waals surface area contributed by atoms with Crippen LogP contribution in [0.25, 0.3) is 0 Å². The molecule has 0 aliphatic heterocycles. The Bertz CT molecular complexity index is 358. The maximum Gasteiger partial charge on any atom is 0.255 e. The number of carbonyl (C=O) groups excluding carboxylic acids is 1. The number of rotatable bonds is 5. The van der Waals surface area contributed by atoms with Crippen molar-refractivity contribution in [3.05, 3.63) is 29.0 Å². The van der Waals surface area contributed by atoms with Crippen molar-refractivity contribution in [3.8, 4) is 0 Å². The lowest BCUT2D eigenvalue weighted by Crippen LogP contribution is -2.28. The molecule has 5 heteroatoms. The van der Waals surface area contributed by atoms with E-state index in [9.17, 15) is 4.79 Å². The first kappa shape index (κ1) is 12.9. The van der Waals surface area contributed by atoms with Crippen LogP contribution in [0.4, 0.5) is 0 Å².